The summed E-state index contributed by atoms with van der Waals surface area (Å²) in [6.07, 6.45) is -0.723. The molecule has 0 saturated carbocycles. The Kier molecular flexibility index (Phi) is 8.33. The van der Waals surface area contributed by atoms with Gasteiger partial charge in [0.05, 0.1) is 0 Å². The van der Waals surface area contributed by atoms with Crippen LogP contribution < -0.4 is 10.2 Å². The molecule has 1 rings (SSSR count). The smallest absolute Gasteiger partial charge is 0.263 e. The van der Waals surface area contributed by atoms with Crippen molar-refractivity contribution in [2.24, 2.45) is 0 Å². The zero-order chi connectivity index (χ0) is 14.1. The molecule has 0 heterocycles. The van der Waals surface area contributed by atoms with E-state index in [1.807, 2.05) is 6.92 Å². The van der Waals surface area contributed by atoms with Gasteiger partial charge >= 0.3 is 0 Å². The van der Waals surface area contributed by atoms with E-state index in [4.69, 9.17) is 11.8 Å². The molecule has 0 spiro atoms. The highest BCUT2D eigenvalue weighted by Crippen LogP contribution is 2.26. The molecule has 102 valence electrons. The molecule has 1 atom stereocenters. The number of anilines is 1. The first-order valence-electron chi connectivity index (χ1n) is 5.54. The van der Waals surface area contributed by atoms with E-state index in [0.29, 0.717) is 5.69 Å². The molecule has 0 amide bonds. The van der Waals surface area contributed by atoms with E-state index in [9.17, 15) is 8.78 Å². The van der Waals surface area contributed by atoms with Gasteiger partial charge < -0.3 is 5.32 Å². The van der Waals surface area contributed by atoms with Crippen molar-refractivity contribution in [1.29, 1.82) is 0 Å². The van der Waals surface area contributed by atoms with Gasteiger partial charge in [0.2, 0.25) is 0 Å². The SMILES string of the molecule is C=CC.CNc1cc(C(F)F)cc([C@@H](C)NCl)c1. The van der Waals surface area contributed by atoms with Crippen LogP contribution in [0.1, 0.15) is 37.4 Å². The summed E-state index contributed by atoms with van der Waals surface area (Å²) in [5, 5.41) is 2.84. The summed E-state index contributed by atoms with van der Waals surface area (Å²) in [5.74, 6) is 0. The number of alkyl halides is 2. The molecule has 2 nitrogen and oxygen atoms in total. The number of hydrogen-bond acceptors (Lipinski definition) is 2. The second-order valence-electron chi connectivity index (χ2n) is 3.68. The average Bonchev–Trinajstić information content (AvgIpc) is 2.38. The van der Waals surface area contributed by atoms with E-state index in [1.54, 1.807) is 26.1 Å². The van der Waals surface area contributed by atoms with Crippen LogP contribution in [0.5, 0.6) is 0 Å². The Hall–Kier alpha value is -1.13. The van der Waals surface area contributed by atoms with Crippen LogP contribution in [0.2, 0.25) is 0 Å². The second kappa shape index (κ2) is 8.89. The molecule has 0 aromatic heterocycles. The maximum atomic E-state index is 12.5. The Morgan fingerprint density at radius 2 is 1.78 bits per heavy atom. The molecule has 0 aliphatic carbocycles. The van der Waals surface area contributed by atoms with Gasteiger partial charge in [0.25, 0.3) is 6.43 Å². The maximum Gasteiger partial charge on any atom is 0.263 e. The largest absolute Gasteiger partial charge is 0.388 e. The first-order valence-corrected chi connectivity index (χ1v) is 5.91. The predicted octanol–water partition coefficient (Wildman–Crippen LogP) is 4.66. The van der Waals surface area contributed by atoms with Crippen LogP contribution in [-0.2, 0) is 0 Å². The van der Waals surface area contributed by atoms with Crippen LogP contribution in [0.4, 0.5) is 14.5 Å². The number of halogens is 3. The molecular formula is C13H19ClF2N2. The molecule has 5 heteroatoms. The topological polar surface area (TPSA) is 24.1 Å². The molecule has 18 heavy (non-hydrogen) atoms. The highest BCUT2D eigenvalue weighted by Gasteiger charge is 2.12. The lowest BCUT2D eigenvalue weighted by Crippen LogP contribution is -2.07. The minimum atomic E-state index is -2.47. The Labute approximate surface area is 112 Å². The van der Waals surface area contributed by atoms with Gasteiger partial charge in [-0.25, -0.2) is 13.6 Å². The van der Waals surface area contributed by atoms with Gasteiger partial charge in [-0.2, -0.15) is 0 Å². The van der Waals surface area contributed by atoms with Crippen LogP contribution >= 0.6 is 11.8 Å². The molecular weight excluding hydrogens is 258 g/mol. The quantitative estimate of drug-likeness (QED) is 0.617. The van der Waals surface area contributed by atoms with E-state index >= 15 is 0 Å². The van der Waals surface area contributed by atoms with E-state index in [0.717, 1.165) is 5.56 Å². The van der Waals surface area contributed by atoms with Gasteiger partial charge in [0.15, 0.2) is 0 Å². The van der Waals surface area contributed by atoms with Crippen LogP contribution in [0.3, 0.4) is 0 Å². The Morgan fingerprint density at radius 1 is 1.28 bits per heavy atom. The van der Waals surface area contributed by atoms with Gasteiger partial charge in [0.1, 0.15) is 0 Å². The number of rotatable bonds is 4. The molecule has 0 aliphatic rings. The molecule has 0 unspecified atom stereocenters. The maximum absolute atomic E-state index is 12.5. The van der Waals surface area contributed by atoms with Crippen molar-refractivity contribution < 1.29 is 8.78 Å². The standard InChI is InChI=1S/C10H13ClF2N2.C3H6/c1-6(15-11)7-3-8(10(12)13)5-9(4-7)14-2;1-3-2/h3-6,10,14-15H,1-2H3;3H,1H2,2H3/t6-;/m1./s1. The highest BCUT2D eigenvalue weighted by molar-refractivity contribution is 6.13. The second-order valence-corrected chi connectivity index (χ2v) is 3.90. The van der Waals surface area contributed by atoms with E-state index in [2.05, 4.69) is 16.7 Å². The van der Waals surface area contributed by atoms with Gasteiger partial charge in [-0.3, -0.25) is 0 Å². The fourth-order valence-corrected chi connectivity index (χ4v) is 1.39. The minimum Gasteiger partial charge on any atom is -0.388 e. The molecule has 0 bridgehead atoms. The van der Waals surface area contributed by atoms with Gasteiger partial charge in [-0.05, 0) is 49.4 Å². The van der Waals surface area contributed by atoms with Crippen LogP contribution in [0.15, 0.2) is 30.9 Å². The lowest BCUT2D eigenvalue weighted by molar-refractivity contribution is 0.151. The summed E-state index contributed by atoms with van der Waals surface area (Å²) in [5.41, 5.74) is 1.38. The summed E-state index contributed by atoms with van der Waals surface area (Å²) in [4.78, 5) is 2.50. The first-order chi connectivity index (χ1) is 8.49. The molecule has 0 saturated heterocycles. The van der Waals surface area contributed by atoms with E-state index in [-0.39, 0.29) is 11.6 Å². The number of nitrogens with one attached hydrogen (secondary N) is 2. The third-order valence-corrected chi connectivity index (χ3v) is 2.51. The van der Waals surface area contributed by atoms with Crippen molar-refractivity contribution in [3.05, 3.63) is 42.0 Å². The van der Waals surface area contributed by atoms with Crippen molar-refractivity contribution in [3.63, 3.8) is 0 Å². The minimum absolute atomic E-state index is 0.00406. The first kappa shape index (κ1) is 16.9. The van der Waals surface area contributed by atoms with Crippen molar-refractivity contribution in [2.75, 3.05) is 12.4 Å². The molecule has 1 aromatic rings. The van der Waals surface area contributed by atoms with Gasteiger partial charge in [-0.1, -0.05) is 6.08 Å². The summed E-state index contributed by atoms with van der Waals surface area (Å²) in [7, 11) is 1.69. The third kappa shape index (κ3) is 5.47. The lowest BCUT2D eigenvalue weighted by Gasteiger charge is -2.13. The van der Waals surface area contributed by atoms with Gasteiger partial charge in [0, 0.05) is 24.3 Å². The summed E-state index contributed by atoms with van der Waals surface area (Å²) >= 11 is 5.46. The van der Waals surface area contributed by atoms with Crippen molar-refractivity contribution in [2.45, 2.75) is 26.3 Å². The number of benzene rings is 1. The highest BCUT2D eigenvalue weighted by atomic mass is 35.5. The molecule has 1 aromatic carbocycles. The average molecular weight is 277 g/mol. The Balaban J connectivity index is 0.000000873. The van der Waals surface area contributed by atoms with Crippen LogP contribution in [-0.4, -0.2) is 7.05 Å². The van der Waals surface area contributed by atoms with Crippen LogP contribution in [0, 0.1) is 0 Å². The molecule has 2 N–H and O–H groups in total. The van der Waals surface area contributed by atoms with Crippen molar-refractivity contribution in [3.8, 4) is 0 Å². The molecule has 0 aliphatic heterocycles. The Morgan fingerprint density at radius 3 is 2.17 bits per heavy atom. The summed E-state index contributed by atoms with van der Waals surface area (Å²) in [6.45, 7) is 7.05. The van der Waals surface area contributed by atoms with Crippen LogP contribution in [0.25, 0.3) is 0 Å². The van der Waals surface area contributed by atoms with E-state index in [1.165, 1.54) is 12.1 Å². The van der Waals surface area contributed by atoms with E-state index < -0.39 is 6.43 Å². The molecule has 0 radical (unpaired) electrons. The van der Waals surface area contributed by atoms with Crippen molar-refractivity contribution in [1.82, 2.24) is 4.84 Å². The third-order valence-electron chi connectivity index (χ3n) is 2.18. The summed E-state index contributed by atoms with van der Waals surface area (Å²) < 4.78 is 25.1. The monoisotopic (exact) mass is 276 g/mol. The predicted molar refractivity (Wildman–Crippen MR) is 74.2 cm³/mol. The zero-order valence-electron chi connectivity index (χ0n) is 10.8. The lowest BCUT2D eigenvalue weighted by atomic mass is 10.0. The fourth-order valence-electron chi connectivity index (χ4n) is 1.26. The Bertz CT molecular complexity index is 370. The normalized spacial score (nSPS) is 11.5. The fraction of sp³-hybridized carbons (Fsp3) is 0.385. The van der Waals surface area contributed by atoms with Gasteiger partial charge in [-0.15, -0.1) is 6.58 Å². The molecule has 0 fully saturated rings. The zero-order valence-corrected chi connectivity index (χ0v) is 11.6. The summed E-state index contributed by atoms with van der Waals surface area (Å²) in [6, 6.07) is 4.49. The number of allylic oxidation sites excluding steroid dienone is 1. The van der Waals surface area contributed by atoms with Crippen molar-refractivity contribution >= 4 is 17.5 Å². The number of hydrogen-bond donors (Lipinski definition) is 2.